The number of aromatic nitrogens is 2. The van der Waals surface area contributed by atoms with E-state index in [0.29, 0.717) is 13.2 Å². The Bertz CT molecular complexity index is 608. The molecule has 0 atom stereocenters. The van der Waals surface area contributed by atoms with E-state index in [-0.39, 0.29) is 0 Å². The van der Waals surface area contributed by atoms with Gasteiger partial charge in [0.25, 0.3) is 0 Å². The van der Waals surface area contributed by atoms with Crippen LogP contribution in [0.4, 0.5) is 0 Å². The van der Waals surface area contributed by atoms with Crippen LogP contribution < -0.4 is 14.4 Å². The third-order valence-corrected chi connectivity index (χ3v) is 3.03. The Hall–Kier alpha value is -2.75. The predicted octanol–water partition coefficient (Wildman–Crippen LogP) is 2.03. The third-order valence-electron chi connectivity index (χ3n) is 3.03. The number of hydrogen-bond donors (Lipinski definition) is 0. The molecule has 0 spiro atoms. The quantitative estimate of drug-likeness (QED) is 0.647. The van der Waals surface area contributed by atoms with Gasteiger partial charge in [-0.3, -0.25) is 0 Å². The van der Waals surface area contributed by atoms with Gasteiger partial charge in [0, 0.05) is 0 Å². The molecule has 21 heavy (non-hydrogen) atoms. The standard InChI is InChI=1S/C17H17N2O2/c1-3-7-16(8-4-1)13-20-18-11-12-19(15-18)21-14-17-9-5-2-6-10-17/h1-12,15H,13-14H2/q+1. The van der Waals surface area contributed by atoms with Crippen LogP contribution in [0.5, 0.6) is 0 Å². The molecule has 3 rings (SSSR count). The first-order valence-corrected chi connectivity index (χ1v) is 6.84. The fourth-order valence-electron chi connectivity index (χ4n) is 1.92. The highest BCUT2D eigenvalue weighted by molar-refractivity contribution is 5.14. The average Bonchev–Trinajstić information content (AvgIpc) is 3.01. The van der Waals surface area contributed by atoms with Gasteiger partial charge in [0.2, 0.25) is 0 Å². The second-order valence-electron chi connectivity index (χ2n) is 4.65. The number of imidazole rings is 1. The summed E-state index contributed by atoms with van der Waals surface area (Å²) in [5.74, 6) is 0. The topological polar surface area (TPSA) is 27.3 Å². The summed E-state index contributed by atoms with van der Waals surface area (Å²) in [5.41, 5.74) is 2.26. The van der Waals surface area contributed by atoms with Crippen molar-refractivity contribution in [2.24, 2.45) is 0 Å². The summed E-state index contributed by atoms with van der Waals surface area (Å²) in [5, 5.41) is 0. The predicted molar refractivity (Wildman–Crippen MR) is 78.1 cm³/mol. The number of nitrogens with zero attached hydrogens (tertiary/aromatic N) is 2. The van der Waals surface area contributed by atoms with Crippen LogP contribution in [-0.2, 0) is 13.2 Å². The van der Waals surface area contributed by atoms with Gasteiger partial charge in [-0.2, -0.15) is 0 Å². The summed E-state index contributed by atoms with van der Waals surface area (Å²) in [6, 6.07) is 20.1. The van der Waals surface area contributed by atoms with Crippen molar-refractivity contribution in [1.29, 1.82) is 0 Å². The minimum Gasteiger partial charge on any atom is -0.331 e. The number of hydrogen-bond acceptors (Lipinski definition) is 2. The maximum Gasteiger partial charge on any atom is 0.323 e. The maximum absolute atomic E-state index is 5.64. The Morgan fingerprint density at radius 2 is 1.43 bits per heavy atom. The molecule has 0 unspecified atom stereocenters. The van der Waals surface area contributed by atoms with E-state index >= 15 is 0 Å². The van der Waals surface area contributed by atoms with Crippen molar-refractivity contribution in [3.05, 3.63) is 90.5 Å². The first-order valence-electron chi connectivity index (χ1n) is 6.84. The van der Waals surface area contributed by atoms with E-state index in [1.165, 1.54) is 0 Å². The van der Waals surface area contributed by atoms with Gasteiger partial charge in [-0.25, -0.2) is 0 Å². The highest BCUT2D eigenvalue weighted by Gasteiger charge is 2.06. The molecular weight excluding hydrogens is 264 g/mol. The summed E-state index contributed by atoms with van der Waals surface area (Å²) in [7, 11) is 0. The van der Waals surface area contributed by atoms with Crippen molar-refractivity contribution in [2.75, 3.05) is 0 Å². The van der Waals surface area contributed by atoms with Crippen molar-refractivity contribution in [3.8, 4) is 0 Å². The Morgan fingerprint density at radius 1 is 0.810 bits per heavy atom. The summed E-state index contributed by atoms with van der Waals surface area (Å²) >= 11 is 0. The lowest BCUT2D eigenvalue weighted by Gasteiger charge is -2.00. The highest BCUT2D eigenvalue weighted by Crippen LogP contribution is 1.99. The van der Waals surface area contributed by atoms with E-state index in [1.54, 1.807) is 15.8 Å². The number of rotatable bonds is 6. The van der Waals surface area contributed by atoms with Gasteiger partial charge in [0.05, 0.1) is 0 Å². The van der Waals surface area contributed by atoms with Gasteiger partial charge in [0.15, 0.2) is 25.6 Å². The first kappa shape index (κ1) is 13.2. The first-order chi connectivity index (χ1) is 10.4. The molecule has 0 radical (unpaired) electrons. The zero-order valence-electron chi connectivity index (χ0n) is 11.6. The minimum atomic E-state index is 0.522. The molecule has 1 aromatic heterocycles. The third kappa shape index (κ3) is 3.86. The minimum absolute atomic E-state index is 0.522. The fourth-order valence-corrected chi connectivity index (χ4v) is 1.92. The molecule has 3 aromatic rings. The molecule has 2 aromatic carbocycles. The molecule has 1 heterocycles. The summed E-state index contributed by atoms with van der Waals surface area (Å²) in [4.78, 5) is 11.3. The van der Waals surface area contributed by atoms with E-state index in [0.717, 1.165) is 11.1 Å². The molecule has 0 aliphatic carbocycles. The van der Waals surface area contributed by atoms with Crippen LogP contribution in [0.3, 0.4) is 0 Å². The highest BCUT2D eigenvalue weighted by atomic mass is 16.7. The summed E-state index contributed by atoms with van der Waals surface area (Å²) in [6.07, 6.45) is 5.38. The zero-order chi connectivity index (χ0) is 14.3. The summed E-state index contributed by atoms with van der Waals surface area (Å²) < 4.78 is 3.27. The van der Waals surface area contributed by atoms with Crippen molar-refractivity contribution < 1.29 is 14.4 Å². The molecule has 0 saturated carbocycles. The molecule has 0 amide bonds. The van der Waals surface area contributed by atoms with Crippen molar-refractivity contribution >= 4 is 0 Å². The van der Waals surface area contributed by atoms with Gasteiger partial charge in [-0.05, 0) is 20.6 Å². The molecule has 0 fully saturated rings. The molecule has 0 aliphatic heterocycles. The number of benzene rings is 2. The van der Waals surface area contributed by atoms with E-state index in [4.69, 9.17) is 9.68 Å². The van der Waals surface area contributed by atoms with E-state index in [9.17, 15) is 0 Å². The molecule has 0 aliphatic rings. The smallest absolute Gasteiger partial charge is 0.323 e. The fraction of sp³-hybridized carbons (Fsp3) is 0.118. The van der Waals surface area contributed by atoms with Crippen LogP contribution in [0.1, 0.15) is 11.1 Å². The van der Waals surface area contributed by atoms with Crippen molar-refractivity contribution in [1.82, 2.24) is 4.73 Å². The van der Waals surface area contributed by atoms with E-state index in [2.05, 4.69) is 0 Å². The van der Waals surface area contributed by atoms with Crippen molar-refractivity contribution in [2.45, 2.75) is 13.2 Å². The Labute approximate surface area is 123 Å². The zero-order valence-corrected chi connectivity index (χ0v) is 11.6. The Balaban J connectivity index is 1.52. The lowest BCUT2D eigenvalue weighted by atomic mass is 10.2. The molecule has 4 heteroatoms. The van der Waals surface area contributed by atoms with Gasteiger partial charge in [-0.1, -0.05) is 60.7 Å². The van der Waals surface area contributed by atoms with Crippen LogP contribution >= 0.6 is 0 Å². The maximum atomic E-state index is 5.64. The van der Waals surface area contributed by atoms with Crippen LogP contribution in [0.2, 0.25) is 0 Å². The van der Waals surface area contributed by atoms with Gasteiger partial charge in [-0.15, -0.1) is 0 Å². The van der Waals surface area contributed by atoms with Gasteiger partial charge < -0.3 is 9.68 Å². The normalized spacial score (nSPS) is 10.3. The monoisotopic (exact) mass is 281 g/mol. The molecule has 106 valence electrons. The van der Waals surface area contributed by atoms with Crippen LogP contribution in [-0.4, -0.2) is 4.73 Å². The molecular formula is C17H17N2O2+. The van der Waals surface area contributed by atoms with Crippen molar-refractivity contribution in [3.63, 3.8) is 0 Å². The summed E-state index contributed by atoms with van der Waals surface area (Å²) in [6.45, 7) is 1.04. The largest absolute Gasteiger partial charge is 0.331 e. The second-order valence-corrected chi connectivity index (χ2v) is 4.65. The Kier molecular flexibility index (Phi) is 4.17. The Morgan fingerprint density at radius 3 is 2.10 bits per heavy atom. The average molecular weight is 281 g/mol. The lowest BCUT2D eigenvalue weighted by Crippen LogP contribution is -2.40. The molecule has 0 N–H and O–H groups in total. The molecule has 0 saturated heterocycles. The molecule has 4 nitrogen and oxygen atoms in total. The van der Waals surface area contributed by atoms with E-state index < -0.39 is 0 Å². The van der Waals surface area contributed by atoms with Crippen LogP contribution in [0.25, 0.3) is 0 Å². The lowest BCUT2D eigenvalue weighted by molar-refractivity contribution is -0.895. The van der Waals surface area contributed by atoms with E-state index in [1.807, 2.05) is 73.1 Å². The molecule has 0 bridgehead atoms. The van der Waals surface area contributed by atoms with Crippen LogP contribution in [0, 0.1) is 0 Å². The second kappa shape index (κ2) is 6.61. The SMILES string of the molecule is c1ccc(COn2cc[n+](OCc3ccccc3)c2)cc1. The van der Waals surface area contributed by atoms with Crippen LogP contribution in [0.15, 0.2) is 79.4 Å². The van der Waals surface area contributed by atoms with Gasteiger partial charge >= 0.3 is 6.33 Å². The van der Waals surface area contributed by atoms with Gasteiger partial charge in [0.1, 0.15) is 0 Å².